The zero-order valence-corrected chi connectivity index (χ0v) is 16.1. The number of methoxy groups -OCH3 is 2. The van der Waals surface area contributed by atoms with Gasteiger partial charge in [0, 0.05) is 18.4 Å². The smallest absolute Gasteiger partial charge is 0.224 e. The van der Waals surface area contributed by atoms with Crippen molar-refractivity contribution in [2.75, 3.05) is 25.8 Å². The Morgan fingerprint density at radius 1 is 1.08 bits per heavy atom. The van der Waals surface area contributed by atoms with E-state index in [1.165, 1.54) is 12.1 Å². The van der Waals surface area contributed by atoms with Crippen LogP contribution in [0.1, 0.15) is 17.5 Å². The number of sulfone groups is 1. The predicted octanol–water partition coefficient (Wildman–Crippen LogP) is 2.99. The summed E-state index contributed by atoms with van der Waals surface area (Å²) in [6.07, 6.45) is 1.83. The molecule has 0 saturated heterocycles. The standard InChI is InChI=1S/C19H23NO5S/c1-13-5-8-16(26(4,22)23)12-17(13)20-19(21)10-6-14-11-15(24-2)7-9-18(14)25-3/h5,7-9,11-12H,6,10H2,1-4H3,(H,20,21). The predicted molar refractivity (Wildman–Crippen MR) is 101 cm³/mol. The number of carbonyl (C=O) groups is 1. The van der Waals surface area contributed by atoms with Crippen LogP contribution in [0.3, 0.4) is 0 Å². The van der Waals surface area contributed by atoms with Crippen LogP contribution in [0.5, 0.6) is 11.5 Å². The minimum absolute atomic E-state index is 0.174. The Hall–Kier alpha value is -2.54. The van der Waals surface area contributed by atoms with Gasteiger partial charge in [-0.05, 0) is 54.8 Å². The Labute approximate surface area is 154 Å². The van der Waals surface area contributed by atoms with Gasteiger partial charge in [-0.1, -0.05) is 6.07 Å². The molecule has 0 unspecified atom stereocenters. The highest BCUT2D eigenvalue weighted by molar-refractivity contribution is 7.90. The largest absolute Gasteiger partial charge is 0.497 e. The Balaban J connectivity index is 2.11. The maximum Gasteiger partial charge on any atom is 0.224 e. The van der Waals surface area contributed by atoms with Crippen molar-refractivity contribution in [3.63, 3.8) is 0 Å². The average molecular weight is 377 g/mol. The molecule has 0 aliphatic carbocycles. The molecule has 0 radical (unpaired) electrons. The molecule has 6 nitrogen and oxygen atoms in total. The first-order valence-electron chi connectivity index (χ1n) is 8.06. The maximum absolute atomic E-state index is 12.3. The van der Waals surface area contributed by atoms with Crippen molar-refractivity contribution in [1.82, 2.24) is 0 Å². The number of nitrogens with one attached hydrogen (secondary N) is 1. The van der Waals surface area contributed by atoms with Crippen LogP contribution in [-0.4, -0.2) is 34.8 Å². The summed E-state index contributed by atoms with van der Waals surface area (Å²) in [6.45, 7) is 1.81. The third kappa shape index (κ3) is 4.98. The number of hydrogen-bond acceptors (Lipinski definition) is 5. The molecule has 0 aliphatic rings. The van der Waals surface area contributed by atoms with Crippen molar-refractivity contribution in [3.8, 4) is 11.5 Å². The molecule has 0 bridgehead atoms. The number of benzene rings is 2. The van der Waals surface area contributed by atoms with Crippen molar-refractivity contribution in [2.24, 2.45) is 0 Å². The van der Waals surface area contributed by atoms with Crippen molar-refractivity contribution in [3.05, 3.63) is 47.5 Å². The van der Waals surface area contributed by atoms with Gasteiger partial charge in [0.15, 0.2) is 9.84 Å². The van der Waals surface area contributed by atoms with Crippen LogP contribution < -0.4 is 14.8 Å². The molecule has 1 amide bonds. The van der Waals surface area contributed by atoms with Crippen LogP contribution >= 0.6 is 0 Å². The molecule has 0 heterocycles. The quantitative estimate of drug-likeness (QED) is 0.802. The molecular weight excluding hydrogens is 354 g/mol. The van der Waals surface area contributed by atoms with Gasteiger partial charge in [0.2, 0.25) is 5.91 Å². The second-order valence-corrected chi connectivity index (χ2v) is 7.99. The van der Waals surface area contributed by atoms with E-state index in [0.29, 0.717) is 23.6 Å². The molecule has 0 spiro atoms. The Morgan fingerprint density at radius 3 is 2.42 bits per heavy atom. The lowest BCUT2D eigenvalue weighted by Crippen LogP contribution is -2.14. The van der Waals surface area contributed by atoms with E-state index in [2.05, 4.69) is 5.32 Å². The summed E-state index contributed by atoms with van der Waals surface area (Å²) < 4.78 is 33.9. The zero-order valence-electron chi connectivity index (χ0n) is 15.3. The molecule has 140 valence electrons. The van der Waals surface area contributed by atoms with E-state index < -0.39 is 9.84 Å². The Morgan fingerprint density at radius 2 is 1.81 bits per heavy atom. The number of rotatable bonds is 7. The molecule has 0 fully saturated rings. The summed E-state index contributed by atoms with van der Waals surface area (Å²) in [5, 5.41) is 2.78. The third-order valence-corrected chi connectivity index (χ3v) is 5.13. The first-order valence-corrected chi connectivity index (χ1v) is 9.95. The van der Waals surface area contributed by atoms with Crippen molar-refractivity contribution in [2.45, 2.75) is 24.7 Å². The highest BCUT2D eigenvalue weighted by Crippen LogP contribution is 2.25. The van der Waals surface area contributed by atoms with E-state index in [9.17, 15) is 13.2 Å². The molecule has 2 aromatic carbocycles. The van der Waals surface area contributed by atoms with Gasteiger partial charge >= 0.3 is 0 Å². The maximum atomic E-state index is 12.3. The van der Waals surface area contributed by atoms with Gasteiger partial charge in [0.25, 0.3) is 0 Å². The van der Waals surface area contributed by atoms with Gasteiger partial charge in [-0.3, -0.25) is 4.79 Å². The van der Waals surface area contributed by atoms with Crippen molar-refractivity contribution < 1.29 is 22.7 Å². The van der Waals surface area contributed by atoms with E-state index in [4.69, 9.17) is 9.47 Å². The first-order chi connectivity index (χ1) is 12.2. The highest BCUT2D eigenvalue weighted by Gasteiger charge is 2.13. The van der Waals surface area contributed by atoms with Crippen LogP contribution in [-0.2, 0) is 21.1 Å². The summed E-state index contributed by atoms with van der Waals surface area (Å²) in [6, 6.07) is 10.1. The second kappa shape index (κ2) is 8.23. The molecule has 0 atom stereocenters. The number of amides is 1. The lowest BCUT2D eigenvalue weighted by Gasteiger charge is -2.12. The SMILES string of the molecule is COc1ccc(OC)c(CCC(=O)Nc2cc(S(C)(=O)=O)ccc2C)c1. The third-order valence-electron chi connectivity index (χ3n) is 4.02. The average Bonchev–Trinajstić information content (AvgIpc) is 2.60. The second-order valence-electron chi connectivity index (χ2n) is 5.97. The van der Waals surface area contributed by atoms with Crippen LogP contribution in [0.15, 0.2) is 41.3 Å². The summed E-state index contributed by atoms with van der Waals surface area (Å²) in [5.41, 5.74) is 2.16. The van der Waals surface area contributed by atoms with E-state index in [1.807, 2.05) is 13.0 Å². The molecular formula is C19H23NO5S. The number of hydrogen-bond donors (Lipinski definition) is 1. The summed E-state index contributed by atoms with van der Waals surface area (Å²) >= 11 is 0. The van der Waals surface area contributed by atoms with Crippen LogP contribution in [0, 0.1) is 6.92 Å². The van der Waals surface area contributed by atoms with Gasteiger partial charge in [0.1, 0.15) is 11.5 Å². The molecule has 0 aliphatic heterocycles. The van der Waals surface area contributed by atoms with E-state index >= 15 is 0 Å². The summed E-state index contributed by atoms with van der Waals surface area (Å²) in [4.78, 5) is 12.5. The van der Waals surface area contributed by atoms with Crippen molar-refractivity contribution >= 4 is 21.4 Å². The molecule has 2 aromatic rings. The normalized spacial score (nSPS) is 11.1. The molecule has 1 N–H and O–H groups in total. The molecule has 0 saturated carbocycles. The summed E-state index contributed by atoms with van der Waals surface area (Å²) in [5.74, 6) is 1.18. The van der Waals surface area contributed by atoms with Gasteiger partial charge < -0.3 is 14.8 Å². The Kier molecular flexibility index (Phi) is 6.26. The van der Waals surface area contributed by atoms with E-state index in [-0.39, 0.29) is 17.2 Å². The lowest BCUT2D eigenvalue weighted by molar-refractivity contribution is -0.116. The highest BCUT2D eigenvalue weighted by atomic mass is 32.2. The van der Waals surface area contributed by atoms with Gasteiger partial charge in [0.05, 0.1) is 19.1 Å². The topological polar surface area (TPSA) is 81.7 Å². The fourth-order valence-electron chi connectivity index (χ4n) is 2.50. The van der Waals surface area contributed by atoms with Crippen molar-refractivity contribution in [1.29, 1.82) is 0 Å². The first kappa shape index (κ1) is 19.8. The number of carbonyl (C=O) groups excluding carboxylic acids is 1. The van der Waals surface area contributed by atoms with Crippen LogP contribution in [0.25, 0.3) is 0 Å². The van der Waals surface area contributed by atoms with Gasteiger partial charge in [-0.25, -0.2) is 8.42 Å². The number of anilines is 1. The molecule has 7 heteroatoms. The van der Waals surface area contributed by atoms with Crippen LogP contribution in [0.2, 0.25) is 0 Å². The molecule has 0 aromatic heterocycles. The minimum atomic E-state index is -3.33. The number of aryl methyl sites for hydroxylation is 2. The lowest BCUT2D eigenvalue weighted by atomic mass is 10.1. The molecule has 26 heavy (non-hydrogen) atoms. The van der Waals surface area contributed by atoms with Gasteiger partial charge in [-0.2, -0.15) is 0 Å². The minimum Gasteiger partial charge on any atom is -0.497 e. The zero-order chi connectivity index (χ0) is 19.3. The van der Waals surface area contributed by atoms with Crippen LogP contribution in [0.4, 0.5) is 5.69 Å². The number of ether oxygens (including phenoxy) is 2. The van der Waals surface area contributed by atoms with Gasteiger partial charge in [-0.15, -0.1) is 0 Å². The van der Waals surface area contributed by atoms with E-state index in [0.717, 1.165) is 17.4 Å². The van der Waals surface area contributed by atoms with E-state index in [1.54, 1.807) is 32.4 Å². The fraction of sp³-hybridized carbons (Fsp3) is 0.316. The fourth-order valence-corrected chi connectivity index (χ4v) is 3.15. The Bertz CT molecular complexity index is 906. The molecule has 2 rings (SSSR count). The summed E-state index contributed by atoms with van der Waals surface area (Å²) in [7, 11) is -0.178. The monoisotopic (exact) mass is 377 g/mol.